The first kappa shape index (κ1) is 17.5. The summed E-state index contributed by atoms with van der Waals surface area (Å²) in [4.78, 5) is 6.56. The predicted octanol–water partition coefficient (Wildman–Crippen LogP) is 4.35. The highest BCUT2D eigenvalue weighted by atomic mass is 32.1. The summed E-state index contributed by atoms with van der Waals surface area (Å²) in [5.74, 6) is 0.205. The molecule has 4 rings (SSSR count). The van der Waals surface area contributed by atoms with Crippen LogP contribution in [0.4, 0.5) is 5.69 Å². The molecule has 0 bridgehead atoms. The molecule has 1 aliphatic heterocycles. The van der Waals surface area contributed by atoms with Gasteiger partial charge in [-0.3, -0.25) is 4.98 Å². The van der Waals surface area contributed by atoms with Crippen molar-refractivity contribution in [1.29, 1.82) is 0 Å². The van der Waals surface area contributed by atoms with E-state index < -0.39 is 0 Å². The highest BCUT2D eigenvalue weighted by molar-refractivity contribution is 7.80. The molecule has 0 spiro atoms. The zero-order valence-corrected chi connectivity index (χ0v) is 16.1. The smallest absolute Gasteiger partial charge is 0.174 e. The molecule has 3 aromatic rings. The summed E-state index contributed by atoms with van der Waals surface area (Å²) < 4.78 is 2.24. The van der Waals surface area contributed by atoms with Gasteiger partial charge in [0.15, 0.2) is 5.11 Å². The van der Waals surface area contributed by atoms with Crippen molar-refractivity contribution in [2.24, 2.45) is 0 Å². The molecule has 1 aromatic carbocycles. The third-order valence-corrected chi connectivity index (χ3v) is 5.23. The molecule has 0 aliphatic carbocycles. The highest BCUT2D eigenvalue weighted by Crippen LogP contribution is 2.44. The maximum absolute atomic E-state index is 10.5. The van der Waals surface area contributed by atoms with Crippen molar-refractivity contribution in [3.05, 3.63) is 78.4 Å². The molecule has 2 unspecified atom stereocenters. The maximum Gasteiger partial charge on any atom is 0.174 e. The number of pyridine rings is 1. The molecule has 27 heavy (non-hydrogen) atoms. The van der Waals surface area contributed by atoms with Gasteiger partial charge in [-0.15, -0.1) is 0 Å². The van der Waals surface area contributed by atoms with Crippen molar-refractivity contribution < 1.29 is 5.11 Å². The fourth-order valence-corrected chi connectivity index (χ4v) is 4.05. The third-order valence-electron chi connectivity index (χ3n) is 4.91. The van der Waals surface area contributed by atoms with Crippen molar-refractivity contribution in [1.82, 2.24) is 14.9 Å². The van der Waals surface area contributed by atoms with E-state index in [2.05, 4.69) is 47.0 Å². The van der Waals surface area contributed by atoms with Crippen LogP contribution in [-0.4, -0.2) is 19.8 Å². The number of thiocarbonyl (C=S) groups is 1. The lowest BCUT2D eigenvalue weighted by Crippen LogP contribution is -2.30. The molecule has 1 fully saturated rings. The lowest BCUT2D eigenvalue weighted by molar-refractivity contribution is 0.467. The number of aromatic nitrogens is 2. The van der Waals surface area contributed by atoms with Gasteiger partial charge in [-0.05, 0) is 62.5 Å². The van der Waals surface area contributed by atoms with Crippen molar-refractivity contribution >= 4 is 23.0 Å². The summed E-state index contributed by atoms with van der Waals surface area (Å²) in [6.45, 7) is 4.31. The Morgan fingerprint density at radius 2 is 1.85 bits per heavy atom. The summed E-state index contributed by atoms with van der Waals surface area (Å²) in [5, 5.41) is 14.5. The van der Waals surface area contributed by atoms with Crippen LogP contribution in [0, 0.1) is 0 Å². The first-order chi connectivity index (χ1) is 13.1. The van der Waals surface area contributed by atoms with Gasteiger partial charge in [0.2, 0.25) is 0 Å². The number of rotatable bonds is 4. The van der Waals surface area contributed by atoms with Crippen molar-refractivity contribution in [3.8, 4) is 5.75 Å². The van der Waals surface area contributed by atoms with Crippen LogP contribution in [-0.2, 0) is 0 Å². The Kier molecular flexibility index (Phi) is 4.58. The zero-order valence-electron chi connectivity index (χ0n) is 15.3. The molecular formula is C21H22N4OS. The number of phenolic OH excluding ortho intramolecular Hbond substituents is 1. The van der Waals surface area contributed by atoms with E-state index in [1.807, 2.05) is 41.3 Å². The number of hydrogen-bond donors (Lipinski definition) is 2. The van der Waals surface area contributed by atoms with Gasteiger partial charge in [0.25, 0.3) is 0 Å². The third kappa shape index (κ3) is 3.06. The molecule has 0 amide bonds. The highest BCUT2D eigenvalue weighted by Gasteiger charge is 2.42. The van der Waals surface area contributed by atoms with Gasteiger partial charge < -0.3 is 19.9 Å². The van der Waals surface area contributed by atoms with Gasteiger partial charge in [0.1, 0.15) is 11.8 Å². The van der Waals surface area contributed by atoms with E-state index in [0.717, 1.165) is 11.4 Å². The van der Waals surface area contributed by atoms with Gasteiger partial charge in [-0.1, -0.05) is 18.2 Å². The van der Waals surface area contributed by atoms with E-state index in [9.17, 15) is 5.11 Å². The molecule has 6 heteroatoms. The topological polar surface area (TPSA) is 53.3 Å². The number of phenols is 1. The Morgan fingerprint density at radius 3 is 2.56 bits per heavy atom. The molecule has 2 aromatic heterocycles. The first-order valence-electron chi connectivity index (χ1n) is 9.03. The lowest BCUT2D eigenvalue weighted by atomic mass is 10.0. The number of benzene rings is 1. The van der Waals surface area contributed by atoms with Gasteiger partial charge in [-0.25, -0.2) is 0 Å². The van der Waals surface area contributed by atoms with E-state index in [1.54, 1.807) is 12.3 Å². The number of nitrogens with zero attached hydrogens (tertiary/aromatic N) is 3. The summed E-state index contributed by atoms with van der Waals surface area (Å²) in [6.07, 6.45) is 3.88. The van der Waals surface area contributed by atoms with Gasteiger partial charge in [0.05, 0.1) is 17.4 Å². The van der Waals surface area contributed by atoms with Crippen molar-refractivity contribution in [2.45, 2.75) is 32.0 Å². The fraction of sp³-hybridized carbons (Fsp3) is 0.238. The lowest BCUT2D eigenvalue weighted by Gasteiger charge is -2.30. The Hall–Kier alpha value is -2.86. The van der Waals surface area contributed by atoms with Crippen molar-refractivity contribution in [3.63, 3.8) is 0 Å². The molecule has 1 saturated heterocycles. The second-order valence-electron chi connectivity index (χ2n) is 6.92. The summed E-state index contributed by atoms with van der Waals surface area (Å²) in [6, 6.07) is 17.4. The Balaban J connectivity index is 1.88. The molecule has 0 radical (unpaired) electrons. The second-order valence-corrected chi connectivity index (χ2v) is 7.31. The predicted molar refractivity (Wildman–Crippen MR) is 111 cm³/mol. The number of hydrogen-bond acceptors (Lipinski definition) is 3. The van der Waals surface area contributed by atoms with E-state index in [4.69, 9.17) is 12.2 Å². The molecule has 2 atom stereocenters. The minimum Gasteiger partial charge on any atom is -0.506 e. The first-order valence-corrected chi connectivity index (χ1v) is 9.44. The second kappa shape index (κ2) is 7.04. The van der Waals surface area contributed by atoms with Crippen LogP contribution >= 0.6 is 12.2 Å². The Morgan fingerprint density at radius 1 is 1.07 bits per heavy atom. The monoisotopic (exact) mass is 378 g/mol. The molecular weight excluding hydrogens is 356 g/mol. The number of nitrogens with one attached hydrogen (secondary N) is 1. The van der Waals surface area contributed by atoms with Gasteiger partial charge in [0, 0.05) is 24.1 Å². The standard InChI is InChI=1S/C21H22N4OS/c1-14(2)24-13-7-10-17(24)20-19(15-8-5-6-12-22-15)23-21(27)25(20)16-9-3-4-11-18(16)26/h3-14,19-20,26H,1-2H3,(H,23,27). The summed E-state index contributed by atoms with van der Waals surface area (Å²) in [7, 11) is 0. The molecule has 2 N–H and O–H groups in total. The minimum absolute atomic E-state index is 0.120. The number of para-hydroxylation sites is 2. The van der Waals surface area contributed by atoms with Crippen LogP contribution in [0.1, 0.15) is 43.4 Å². The number of anilines is 1. The van der Waals surface area contributed by atoms with E-state index in [1.165, 1.54) is 0 Å². The van der Waals surface area contributed by atoms with E-state index in [0.29, 0.717) is 16.8 Å². The van der Waals surface area contributed by atoms with Crippen LogP contribution in [0.2, 0.25) is 0 Å². The summed E-state index contributed by atoms with van der Waals surface area (Å²) in [5.41, 5.74) is 2.73. The average molecular weight is 379 g/mol. The Labute approximate surface area is 164 Å². The van der Waals surface area contributed by atoms with E-state index in [-0.39, 0.29) is 17.8 Å². The van der Waals surface area contributed by atoms with Crippen LogP contribution < -0.4 is 10.2 Å². The van der Waals surface area contributed by atoms with E-state index >= 15 is 0 Å². The van der Waals surface area contributed by atoms with Crippen LogP contribution in [0.5, 0.6) is 5.75 Å². The summed E-state index contributed by atoms with van der Waals surface area (Å²) >= 11 is 5.69. The fourth-order valence-electron chi connectivity index (χ4n) is 3.71. The van der Waals surface area contributed by atoms with Gasteiger partial charge >= 0.3 is 0 Å². The minimum atomic E-state index is -0.127. The maximum atomic E-state index is 10.5. The Bertz CT molecular complexity index is 954. The molecule has 1 aliphatic rings. The number of aromatic hydroxyl groups is 1. The van der Waals surface area contributed by atoms with Crippen LogP contribution in [0.25, 0.3) is 0 Å². The largest absolute Gasteiger partial charge is 0.506 e. The molecule has 138 valence electrons. The molecule has 0 saturated carbocycles. The van der Waals surface area contributed by atoms with Gasteiger partial charge in [-0.2, -0.15) is 0 Å². The van der Waals surface area contributed by atoms with Crippen molar-refractivity contribution in [2.75, 3.05) is 4.90 Å². The average Bonchev–Trinajstić information content (AvgIpc) is 3.27. The molecule has 5 nitrogen and oxygen atoms in total. The van der Waals surface area contributed by atoms with Crippen LogP contribution in [0.15, 0.2) is 67.0 Å². The quantitative estimate of drug-likeness (QED) is 0.661. The molecule has 3 heterocycles. The zero-order chi connectivity index (χ0) is 19.0. The normalized spacial score (nSPS) is 19.5. The van der Waals surface area contributed by atoms with Crippen LogP contribution in [0.3, 0.4) is 0 Å². The SMILES string of the molecule is CC(C)n1cccc1C1C(c2ccccn2)NC(=S)N1c1ccccc1O.